The van der Waals surface area contributed by atoms with E-state index in [1.807, 2.05) is 24.3 Å². The van der Waals surface area contributed by atoms with E-state index in [2.05, 4.69) is 15.9 Å². The summed E-state index contributed by atoms with van der Waals surface area (Å²) >= 11 is 3.34. The van der Waals surface area contributed by atoms with Gasteiger partial charge < -0.3 is 17.1 Å². The molecule has 1 heterocycles. The summed E-state index contributed by atoms with van der Waals surface area (Å²) < 4.78 is 30.7. The molecule has 0 saturated heterocycles. The fourth-order valence-electron chi connectivity index (χ4n) is 1.62. The van der Waals surface area contributed by atoms with Crippen molar-refractivity contribution in [2.24, 2.45) is 5.14 Å². The zero-order valence-electron chi connectivity index (χ0n) is 10.5. The Labute approximate surface area is 132 Å². The first-order chi connectivity index (χ1) is 8.91. The summed E-state index contributed by atoms with van der Waals surface area (Å²) in [6.07, 6.45) is 3.13. The van der Waals surface area contributed by atoms with Crippen LogP contribution in [0.1, 0.15) is 0 Å². The quantitative estimate of drug-likeness (QED) is 0.652. The summed E-state index contributed by atoms with van der Waals surface area (Å²) in [5.41, 5.74) is 0.816. The van der Waals surface area contributed by atoms with Gasteiger partial charge in [0, 0.05) is 22.7 Å². The Bertz CT molecular complexity index is 705. The van der Waals surface area contributed by atoms with Gasteiger partial charge in [-0.25, -0.2) is 13.6 Å². The first-order valence-corrected chi connectivity index (χ1v) is 7.64. The largest absolute Gasteiger partial charge is 1.00 e. The van der Waals surface area contributed by atoms with Crippen LogP contribution in [0.5, 0.6) is 5.75 Å². The van der Waals surface area contributed by atoms with Gasteiger partial charge >= 0.3 is 0 Å². The minimum atomic E-state index is -3.84. The molecule has 0 atom stereocenters. The Hall–Kier alpha value is -1.15. The Balaban J connectivity index is 0.00000200. The van der Waals surface area contributed by atoms with Crippen LogP contribution in [0.2, 0.25) is 0 Å². The highest BCUT2D eigenvalue weighted by molar-refractivity contribution is 9.10. The number of nitrogens with two attached hydrogens (primary N) is 1. The summed E-state index contributed by atoms with van der Waals surface area (Å²) in [6.45, 7) is 0. The Morgan fingerprint density at radius 1 is 1.20 bits per heavy atom. The standard InChI is InChI=1S/C12H12BrN2O3S.ClH/c1-18-11-6-7-15(8-12(11)19(14,16)17)10-4-2-9(13)3-5-10;/h2-8H,1H3,(H2,14,16,17);1H/q+1;/p-1. The molecule has 108 valence electrons. The van der Waals surface area contributed by atoms with E-state index in [1.54, 1.807) is 16.8 Å². The lowest BCUT2D eigenvalue weighted by Gasteiger charge is -2.05. The molecule has 2 aromatic rings. The molecule has 0 aliphatic rings. The molecule has 8 heteroatoms. The third-order valence-corrected chi connectivity index (χ3v) is 3.99. The lowest BCUT2D eigenvalue weighted by Crippen LogP contribution is -3.00. The normalized spacial score (nSPS) is 10.8. The van der Waals surface area contributed by atoms with Gasteiger partial charge in [-0.05, 0) is 12.1 Å². The van der Waals surface area contributed by atoms with Gasteiger partial charge in [0.05, 0.1) is 7.11 Å². The highest BCUT2D eigenvalue weighted by Crippen LogP contribution is 2.20. The third-order valence-electron chi connectivity index (χ3n) is 2.54. The second-order valence-corrected chi connectivity index (χ2v) is 6.25. The molecule has 5 nitrogen and oxygen atoms in total. The molecule has 0 aliphatic heterocycles. The van der Waals surface area contributed by atoms with Crippen LogP contribution in [0, 0.1) is 0 Å². The van der Waals surface area contributed by atoms with Crippen LogP contribution in [0.3, 0.4) is 0 Å². The first kappa shape index (κ1) is 16.9. The third kappa shape index (κ3) is 3.69. The number of hydrogen-bond acceptors (Lipinski definition) is 3. The first-order valence-electron chi connectivity index (χ1n) is 5.30. The van der Waals surface area contributed by atoms with Crippen molar-refractivity contribution in [2.45, 2.75) is 4.90 Å². The summed E-state index contributed by atoms with van der Waals surface area (Å²) in [5.74, 6) is 0.218. The van der Waals surface area contributed by atoms with Gasteiger partial charge in [0.15, 0.2) is 23.0 Å². The summed E-state index contributed by atoms with van der Waals surface area (Å²) in [5, 5.41) is 5.18. The predicted molar refractivity (Wildman–Crippen MR) is 73.6 cm³/mol. The fraction of sp³-hybridized carbons (Fsp3) is 0.0833. The minimum Gasteiger partial charge on any atom is -1.00 e. The van der Waals surface area contributed by atoms with Gasteiger partial charge in [-0.1, -0.05) is 15.9 Å². The second kappa shape index (κ2) is 6.53. The van der Waals surface area contributed by atoms with E-state index < -0.39 is 10.0 Å². The van der Waals surface area contributed by atoms with Crippen LogP contribution < -0.4 is 26.8 Å². The van der Waals surface area contributed by atoms with Crippen LogP contribution in [0.4, 0.5) is 0 Å². The van der Waals surface area contributed by atoms with Crippen molar-refractivity contribution < 1.29 is 30.1 Å². The topological polar surface area (TPSA) is 73.3 Å². The number of aromatic nitrogens is 1. The Morgan fingerprint density at radius 3 is 2.30 bits per heavy atom. The number of rotatable bonds is 3. The maximum Gasteiger partial charge on any atom is 0.247 e. The van der Waals surface area contributed by atoms with E-state index in [-0.39, 0.29) is 23.1 Å². The van der Waals surface area contributed by atoms with Gasteiger partial charge in [-0.3, -0.25) is 0 Å². The van der Waals surface area contributed by atoms with Gasteiger partial charge in [0.25, 0.3) is 0 Å². The van der Waals surface area contributed by atoms with E-state index in [0.717, 1.165) is 10.2 Å². The predicted octanol–water partition coefficient (Wildman–Crippen LogP) is -1.61. The highest BCUT2D eigenvalue weighted by Gasteiger charge is 2.20. The van der Waals surface area contributed by atoms with Crippen molar-refractivity contribution in [1.29, 1.82) is 0 Å². The van der Waals surface area contributed by atoms with E-state index in [1.165, 1.54) is 13.3 Å². The molecule has 1 aromatic heterocycles. The highest BCUT2D eigenvalue weighted by atomic mass is 79.9. The molecule has 0 spiro atoms. The zero-order chi connectivity index (χ0) is 14.0. The molecule has 0 amide bonds. The van der Waals surface area contributed by atoms with E-state index >= 15 is 0 Å². The van der Waals surface area contributed by atoms with E-state index in [0.29, 0.717) is 0 Å². The molecule has 0 saturated carbocycles. The van der Waals surface area contributed by atoms with Crippen molar-refractivity contribution in [3.8, 4) is 11.4 Å². The molecular weight excluding hydrogens is 368 g/mol. The van der Waals surface area contributed by atoms with Gasteiger partial charge in [0.1, 0.15) is 0 Å². The molecule has 0 unspecified atom stereocenters. The second-order valence-electron chi connectivity index (χ2n) is 3.81. The monoisotopic (exact) mass is 378 g/mol. The van der Waals surface area contributed by atoms with Crippen molar-refractivity contribution in [2.75, 3.05) is 7.11 Å². The number of ether oxygens (including phenoxy) is 1. The molecule has 0 aliphatic carbocycles. The van der Waals surface area contributed by atoms with Crippen LogP contribution in [0.25, 0.3) is 5.69 Å². The van der Waals surface area contributed by atoms with Crippen molar-refractivity contribution in [3.63, 3.8) is 0 Å². The molecular formula is C12H12BrClN2O3S. The number of sulfonamides is 1. The summed E-state index contributed by atoms with van der Waals surface area (Å²) in [4.78, 5) is -0.0552. The average molecular weight is 380 g/mol. The van der Waals surface area contributed by atoms with Gasteiger partial charge in [0.2, 0.25) is 15.7 Å². The maximum absolute atomic E-state index is 11.5. The fourth-order valence-corrected chi connectivity index (χ4v) is 2.58. The van der Waals surface area contributed by atoms with Crippen LogP contribution >= 0.6 is 15.9 Å². The number of halogens is 2. The van der Waals surface area contributed by atoms with Crippen LogP contribution in [0.15, 0.2) is 52.1 Å². The van der Waals surface area contributed by atoms with Crippen molar-refractivity contribution in [3.05, 3.63) is 47.2 Å². The molecule has 2 N–H and O–H groups in total. The number of nitrogens with zero attached hydrogens (tertiary/aromatic N) is 1. The lowest BCUT2D eigenvalue weighted by atomic mass is 10.3. The maximum atomic E-state index is 11.5. The molecule has 2 rings (SSSR count). The Morgan fingerprint density at radius 2 is 1.80 bits per heavy atom. The number of hydrogen-bond donors (Lipinski definition) is 1. The SMILES string of the molecule is COc1cc[n+](-c2ccc(Br)cc2)cc1S(N)(=O)=O.[Cl-]. The van der Waals surface area contributed by atoms with E-state index in [4.69, 9.17) is 9.88 Å². The number of methoxy groups -OCH3 is 1. The number of pyridine rings is 1. The molecule has 20 heavy (non-hydrogen) atoms. The van der Waals surface area contributed by atoms with Crippen LogP contribution in [-0.4, -0.2) is 15.5 Å². The van der Waals surface area contributed by atoms with Gasteiger partial charge in [-0.2, -0.15) is 4.57 Å². The van der Waals surface area contributed by atoms with Gasteiger partial charge in [-0.15, -0.1) is 0 Å². The zero-order valence-corrected chi connectivity index (χ0v) is 13.6. The Kier molecular flexibility index (Phi) is 5.52. The molecule has 0 bridgehead atoms. The number of benzene rings is 1. The minimum absolute atomic E-state index is 0. The molecule has 0 radical (unpaired) electrons. The van der Waals surface area contributed by atoms with Crippen LogP contribution in [-0.2, 0) is 10.0 Å². The smallest absolute Gasteiger partial charge is 0.247 e. The summed E-state index contributed by atoms with van der Waals surface area (Å²) in [7, 11) is -2.44. The molecule has 0 fully saturated rings. The number of primary sulfonamides is 1. The van der Waals surface area contributed by atoms with Crippen molar-refractivity contribution >= 4 is 26.0 Å². The average Bonchev–Trinajstić information content (AvgIpc) is 2.38. The summed E-state index contributed by atoms with van der Waals surface area (Å²) in [6, 6.07) is 8.99. The lowest BCUT2D eigenvalue weighted by molar-refractivity contribution is -0.598. The van der Waals surface area contributed by atoms with Crippen molar-refractivity contribution in [1.82, 2.24) is 0 Å². The van der Waals surface area contributed by atoms with E-state index in [9.17, 15) is 8.42 Å². The molecule has 1 aromatic carbocycles.